The minimum absolute atomic E-state index is 0.0103. The number of ether oxygens (including phenoxy) is 1. The lowest BCUT2D eigenvalue weighted by atomic mass is 9.91. The Hall–Kier alpha value is -2.68. The van der Waals surface area contributed by atoms with Gasteiger partial charge in [0.25, 0.3) is 5.78 Å². The van der Waals surface area contributed by atoms with Crippen molar-refractivity contribution < 1.29 is 31.9 Å². The smallest absolute Gasteiger partial charge is 0.444 e. The topological polar surface area (TPSA) is 59.5 Å². The highest BCUT2D eigenvalue weighted by Gasteiger charge is 2.46. The van der Waals surface area contributed by atoms with Gasteiger partial charge in [0.05, 0.1) is 22.8 Å². The number of Topliss-reactive ketones (excluding diaryl/α,β-unsaturated/α-hetero) is 1. The molecule has 1 aromatic heterocycles. The summed E-state index contributed by atoms with van der Waals surface area (Å²) in [7, 11) is 0. The van der Waals surface area contributed by atoms with Crippen LogP contribution >= 0.6 is 11.6 Å². The molecule has 0 N–H and O–H groups in total. The molecule has 0 saturated heterocycles. The number of ketones is 1. The molecule has 10 heteroatoms. The number of hydrogen-bond acceptors (Lipinski definition) is 4. The Bertz CT molecular complexity index is 1110. The van der Waals surface area contributed by atoms with Gasteiger partial charge in [-0.3, -0.25) is 9.69 Å². The van der Waals surface area contributed by atoms with E-state index in [0.717, 1.165) is 12.1 Å². The van der Waals surface area contributed by atoms with Crippen molar-refractivity contribution in [3.05, 3.63) is 51.9 Å². The first-order chi connectivity index (χ1) is 14.5. The molecular formula is C22H21ClF4N2O3. The van der Waals surface area contributed by atoms with Crippen molar-refractivity contribution in [1.29, 1.82) is 0 Å². The first kappa shape index (κ1) is 24.0. The quantitative estimate of drug-likeness (QED) is 0.381. The van der Waals surface area contributed by atoms with Crippen molar-refractivity contribution in [2.75, 3.05) is 0 Å². The molecule has 32 heavy (non-hydrogen) atoms. The van der Waals surface area contributed by atoms with E-state index in [1.54, 1.807) is 34.6 Å². The van der Waals surface area contributed by atoms with Crippen LogP contribution in [0.1, 0.15) is 56.2 Å². The van der Waals surface area contributed by atoms with Gasteiger partial charge in [-0.05, 0) is 64.4 Å². The Morgan fingerprint density at radius 2 is 1.78 bits per heavy atom. The van der Waals surface area contributed by atoms with E-state index in [4.69, 9.17) is 16.3 Å². The summed E-state index contributed by atoms with van der Waals surface area (Å²) in [5, 5.41) is -0.258. The highest BCUT2D eigenvalue weighted by molar-refractivity contribution is 6.31. The summed E-state index contributed by atoms with van der Waals surface area (Å²) < 4.78 is 58.7. The number of rotatable bonds is 2. The normalized spacial score (nSPS) is 15.5. The van der Waals surface area contributed by atoms with Crippen molar-refractivity contribution in [3.8, 4) is 11.3 Å². The van der Waals surface area contributed by atoms with Crippen molar-refractivity contribution in [1.82, 2.24) is 9.88 Å². The van der Waals surface area contributed by atoms with E-state index in [-0.39, 0.29) is 22.8 Å². The molecule has 0 atom stereocenters. The van der Waals surface area contributed by atoms with Gasteiger partial charge in [-0.2, -0.15) is 13.2 Å². The predicted molar refractivity (Wildman–Crippen MR) is 110 cm³/mol. The van der Waals surface area contributed by atoms with Crippen molar-refractivity contribution in [2.45, 2.75) is 58.5 Å². The van der Waals surface area contributed by atoms with Crippen LogP contribution in [0.5, 0.6) is 0 Å². The molecule has 0 spiro atoms. The minimum atomic E-state index is -5.15. The zero-order chi connectivity index (χ0) is 24.2. The number of amides is 1. The van der Waals surface area contributed by atoms with Crippen LogP contribution in [0.25, 0.3) is 11.3 Å². The number of carbonyl (C=O) groups is 2. The second-order valence-electron chi connectivity index (χ2n) is 8.96. The Morgan fingerprint density at radius 3 is 2.31 bits per heavy atom. The van der Waals surface area contributed by atoms with Crippen LogP contribution in [0, 0.1) is 5.82 Å². The molecule has 0 fully saturated rings. The third kappa shape index (κ3) is 4.44. The fourth-order valence-corrected chi connectivity index (χ4v) is 3.71. The Balaban J connectivity index is 2.22. The molecule has 5 nitrogen and oxygen atoms in total. The largest absolute Gasteiger partial charge is 0.456 e. The van der Waals surface area contributed by atoms with Crippen molar-refractivity contribution in [2.24, 2.45) is 0 Å². The van der Waals surface area contributed by atoms with Gasteiger partial charge in [0.15, 0.2) is 0 Å². The average molecular weight is 473 g/mol. The molecule has 0 saturated carbocycles. The number of pyridine rings is 1. The van der Waals surface area contributed by atoms with Crippen LogP contribution in [0.4, 0.5) is 22.4 Å². The summed E-state index contributed by atoms with van der Waals surface area (Å²) in [6.45, 7) is 8.30. The van der Waals surface area contributed by atoms with Gasteiger partial charge in [0, 0.05) is 11.1 Å². The number of aromatic nitrogens is 1. The standard InChI is InChI=1S/C22H21ClF4N2O3/c1-20(2,3)32-19(31)29-10-12-13(21(29,4)5)9-16(18(30)22(25,26)27)28-17(12)11-6-7-15(24)14(23)8-11/h6-9H,10H2,1-5H3. The summed E-state index contributed by atoms with van der Waals surface area (Å²) in [6.07, 6.45) is -5.82. The lowest BCUT2D eigenvalue weighted by Crippen LogP contribution is -2.43. The van der Waals surface area contributed by atoms with Crippen LogP contribution in [-0.4, -0.2) is 33.5 Å². The Morgan fingerprint density at radius 1 is 1.16 bits per heavy atom. The molecule has 2 aromatic rings. The van der Waals surface area contributed by atoms with E-state index >= 15 is 0 Å². The van der Waals surface area contributed by atoms with Crippen LogP contribution in [0.15, 0.2) is 24.3 Å². The highest BCUT2D eigenvalue weighted by atomic mass is 35.5. The Kier molecular flexibility index (Phi) is 5.78. The molecule has 0 radical (unpaired) electrons. The summed E-state index contributed by atoms with van der Waals surface area (Å²) in [5.74, 6) is -2.84. The van der Waals surface area contributed by atoms with Crippen LogP contribution in [0.3, 0.4) is 0 Å². The molecule has 1 amide bonds. The maximum absolute atomic E-state index is 13.7. The van der Waals surface area contributed by atoms with Gasteiger partial charge in [0.2, 0.25) is 0 Å². The van der Waals surface area contributed by atoms with Crippen molar-refractivity contribution in [3.63, 3.8) is 0 Å². The van der Waals surface area contributed by atoms with Crippen LogP contribution in [-0.2, 0) is 16.8 Å². The molecule has 1 aliphatic heterocycles. The van der Waals surface area contributed by atoms with Gasteiger partial charge in [0.1, 0.15) is 17.1 Å². The maximum atomic E-state index is 13.7. The fourth-order valence-electron chi connectivity index (χ4n) is 3.53. The fraction of sp³-hybridized carbons (Fsp3) is 0.409. The van der Waals surface area contributed by atoms with E-state index in [0.29, 0.717) is 11.1 Å². The van der Waals surface area contributed by atoms with Gasteiger partial charge in [-0.25, -0.2) is 14.2 Å². The van der Waals surface area contributed by atoms with Crippen LogP contribution < -0.4 is 0 Å². The average Bonchev–Trinajstić information content (AvgIpc) is 2.91. The number of nitrogens with zero attached hydrogens (tertiary/aromatic N) is 2. The first-order valence-corrected chi connectivity index (χ1v) is 10.0. The number of hydrogen-bond donors (Lipinski definition) is 0. The molecule has 0 unspecified atom stereocenters. The predicted octanol–water partition coefficient (Wildman–Crippen LogP) is 6.27. The lowest BCUT2D eigenvalue weighted by Gasteiger charge is -2.34. The van der Waals surface area contributed by atoms with Gasteiger partial charge in [-0.1, -0.05) is 11.6 Å². The zero-order valence-corrected chi connectivity index (χ0v) is 18.8. The molecule has 1 aliphatic rings. The molecule has 2 heterocycles. The summed E-state index contributed by atoms with van der Waals surface area (Å²) in [6, 6.07) is 4.61. The number of benzene rings is 1. The third-order valence-corrected chi connectivity index (χ3v) is 5.36. The molecule has 3 rings (SSSR count). The number of carbonyl (C=O) groups excluding carboxylic acids is 2. The van der Waals surface area contributed by atoms with E-state index < -0.39 is 40.7 Å². The summed E-state index contributed by atoms with van der Waals surface area (Å²) in [5.41, 5.74) is -1.79. The first-order valence-electron chi connectivity index (χ1n) is 9.64. The molecule has 1 aromatic carbocycles. The van der Waals surface area contributed by atoms with Gasteiger partial charge in [-0.15, -0.1) is 0 Å². The highest BCUT2D eigenvalue weighted by Crippen LogP contribution is 2.44. The van der Waals surface area contributed by atoms with Gasteiger partial charge >= 0.3 is 12.3 Å². The van der Waals surface area contributed by atoms with Gasteiger partial charge < -0.3 is 4.74 Å². The minimum Gasteiger partial charge on any atom is -0.444 e. The molecule has 0 bridgehead atoms. The van der Waals surface area contributed by atoms with E-state index in [2.05, 4.69) is 4.98 Å². The molecular weight excluding hydrogens is 452 g/mol. The third-order valence-electron chi connectivity index (χ3n) is 5.07. The molecule has 0 aliphatic carbocycles. The molecule has 172 valence electrons. The Labute approximate surface area is 187 Å². The number of halogens is 5. The second kappa shape index (κ2) is 7.72. The van der Waals surface area contributed by atoms with E-state index in [9.17, 15) is 27.2 Å². The van der Waals surface area contributed by atoms with E-state index in [1.807, 2.05) is 0 Å². The van der Waals surface area contributed by atoms with E-state index in [1.165, 1.54) is 17.0 Å². The summed E-state index contributed by atoms with van der Waals surface area (Å²) >= 11 is 5.86. The SMILES string of the molecule is CC(C)(C)OC(=O)N1Cc2c(cc(C(=O)C(F)(F)F)nc2-c2ccc(F)c(Cl)c2)C1(C)C. The zero-order valence-electron chi connectivity index (χ0n) is 18.0. The number of alkyl halides is 3. The monoisotopic (exact) mass is 472 g/mol. The van der Waals surface area contributed by atoms with Crippen LogP contribution in [0.2, 0.25) is 5.02 Å². The number of fused-ring (bicyclic) bond motifs is 1. The maximum Gasteiger partial charge on any atom is 0.456 e. The summed E-state index contributed by atoms with van der Waals surface area (Å²) in [4.78, 5) is 30.1. The van der Waals surface area contributed by atoms with Crippen molar-refractivity contribution >= 4 is 23.5 Å². The second-order valence-corrected chi connectivity index (χ2v) is 9.37. The lowest BCUT2D eigenvalue weighted by molar-refractivity contribution is -0.0888.